The Morgan fingerprint density at radius 1 is 1.12 bits per heavy atom. The quantitative estimate of drug-likeness (QED) is 0.166. The molecule has 5 saturated heterocycles. The van der Waals surface area contributed by atoms with Gasteiger partial charge in [0.15, 0.2) is 24.3 Å². The zero-order valence-electron chi connectivity index (χ0n) is 24.9. The van der Waals surface area contributed by atoms with Crippen LogP contribution in [0.5, 0.6) is 0 Å². The molecule has 0 aromatic rings. The van der Waals surface area contributed by atoms with Crippen molar-refractivity contribution in [3.8, 4) is 0 Å². The first-order valence-corrected chi connectivity index (χ1v) is 15.6. The van der Waals surface area contributed by atoms with Gasteiger partial charge in [-0.25, -0.2) is 9.78 Å². The van der Waals surface area contributed by atoms with Gasteiger partial charge in [-0.1, -0.05) is 26.3 Å². The molecular weight excluding hydrogens is 516 g/mol. The molecule has 0 amide bonds. The third-order valence-electron chi connectivity index (χ3n) is 10.2. The summed E-state index contributed by atoms with van der Waals surface area (Å²) in [5.41, 5.74) is -0.661. The Balaban J connectivity index is 1.24. The Morgan fingerprint density at radius 2 is 1.93 bits per heavy atom. The van der Waals surface area contributed by atoms with Crippen molar-refractivity contribution in [2.75, 3.05) is 0 Å². The predicted octanol–water partition coefficient (Wildman–Crippen LogP) is 5.19. The van der Waals surface area contributed by atoms with Crippen LogP contribution in [0.1, 0.15) is 98.8 Å². The number of hydrogen-bond donors (Lipinski definition) is 1. The highest BCUT2D eigenvalue weighted by molar-refractivity contribution is 5.70. The van der Waals surface area contributed by atoms with Crippen molar-refractivity contribution in [1.29, 1.82) is 0 Å². The highest BCUT2D eigenvalue weighted by atomic mass is 17.3. The molecule has 0 aromatic carbocycles. The summed E-state index contributed by atoms with van der Waals surface area (Å²) in [6.07, 6.45) is 6.35. The molecule has 9 heteroatoms. The molecule has 13 atom stereocenters. The van der Waals surface area contributed by atoms with Crippen molar-refractivity contribution in [3.63, 3.8) is 0 Å². The lowest BCUT2D eigenvalue weighted by Gasteiger charge is -2.60. The first-order chi connectivity index (χ1) is 19.1. The zero-order chi connectivity index (χ0) is 28.7. The fraction of sp³-hybridized carbons (Fsp3) is 0.903. The maximum absolute atomic E-state index is 13.4. The molecule has 1 N–H and O–H groups in total. The van der Waals surface area contributed by atoms with Crippen LogP contribution in [0, 0.1) is 23.7 Å². The van der Waals surface area contributed by atoms with E-state index in [1.807, 2.05) is 26.8 Å². The topological polar surface area (TPSA) is 102 Å². The van der Waals surface area contributed by atoms with Crippen molar-refractivity contribution in [2.24, 2.45) is 23.7 Å². The van der Waals surface area contributed by atoms with Gasteiger partial charge in [0.1, 0.15) is 0 Å². The molecule has 0 radical (unpaired) electrons. The van der Waals surface area contributed by atoms with Gasteiger partial charge in [0.25, 0.3) is 0 Å². The fourth-order valence-corrected chi connectivity index (χ4v) is 7.76. The molecule has 228 valence electrons. The Hall–Kier alpha value is -1.07. The molecule has 2 bridgehead atoms. The third-order valence-corrected chi connectivity index (χ3v) is 10.2. The number of carbonyl (C=O) groups excluding carboxylic acids is 1. The smallest absolute Gasteiger partial charge is 0.308 e. The van der Waals surface area contributed by atoms with Crippen molar-refractivity contribution in [2.45, 2.75) is 153 Å². The van der Waals surface area contributed by atoms with E-state index in [2.05, 4.69) is 20.4 Å². The number of unbranched alkanes of at least 4 members (excludes halogenated alkanes) is 2. The van der Waals surface area contributed by atoms with Gasteiger partial charge in [0, 0.05) is 18.8 Å². The van der Waals surface area contributed by atoms with Crippen LogP contribution < -0.4 is 0 Å². The number of aliphatic hydroxyl groups excluding tert-OH is 1. The molecule has 0 unspecified atom stereocenters. The number of aliphatic hydroxyl groups is 1. The molecule has 40 heavy (non-hydrogen) atoms. The van der Waals surface area contributed by atoms with Crippen LogP contribution in [-0.2, 0) is 38.3 Å². The summed E-state index contributed by atoms with van der Waals surface area (Å²) in [5.74, 6) is -0.308. The lowest BCUT2D eigenvalue weighted by molar-refractivity contribution is -0.571. The van der Waals surface area contributed by atoms with E-state index in [1.165, 1.54) is 0 Å². The number of esters is 1. The molecule has 1 saturated carbocycles. The van der Waals surface area contributed by atoms with Crippen LogP contribution in [0.2, 0.25) is 0 Å². The second-order valence-electron chi connectivity index (χ2n) is 13.2. The Labute approximate surface area is 239 Å². The SMILES string of the molecule is C=CCCCC[C@@H](C)O[C@@H]1O[C@@H](C)[C@H](O)C[C@H]1OC(=O)C[C@H]1O[C@@H]2O[C@@]3(C)CC[C@H]4[C@H](C)CC[C@@H]([C@H]1C)[C@@]24OO3. The van der Waals surface area contributed by atoms with Crippen molar-refractivity contribution >= 4 is 5.97 Å². The Bertz CT molecular complexity index is 898. The third kappa shape index (κ3) is 5.90. The summed E-state index contributed by atoms with van der Waals surface area (Å²) < 4.78 is 31.1. The average molecular weight is 567 g/mol. The number of rotatable bonds is 10. The van der Waals surface area contributed by atoms with E-state index in [-0.39, 0.29) is 42.8 Å². The second kappa shape index (κ2) is 12.3. The van der Waals surface area contributed by atoms with Crippen molar-refractivity contribution in [1.82, 2.24) is 0 Å². The normalized spacial score (nSPS) is 47.1. The average Bonchev–Trinajstić information content (AvgIpc) is 3.13. The lowest BCUT2D eigenvalue weighted by Crippen LogP contribution is -2.70. The minimum Gasteiger partial charge on any atom is -0.457 e. The summed E-state index contributed by atoms with van der Waals surface area (Å²) in [5, 5.41) is 10.5. The molecule has 6 fully saturated rings. The van der Waals surface area contributed by atoms with Gasteiger partial charge in [-0.15, -0.1) is 6.58 Å². The number of allylic oxidation sites excluding steroid dienone is 1. The predicted molar refractivity (Wildman–Crippen MR) is 145 cm³/mol. The van der Waals surface area contributed by atoms with Gasteiger partial charge in [-0.2, -0.15) is 0 Å². The second-order valence-corrected chi connectivity index (χ2v) is 13.2. The van der Waals surface area contributed by atoms with Gasteiger partial charge < -0.3 is 28.8 Å². The van der Waals surface area contributed by atoms with E-state index >= 15 is 0 Å². The number of fused-ring (bicyclic) bond motifs is 2. The van der Waals surface area contributed by atoms with E-state index in [9.17, 15) is 9.90 Å². The highest BCUT2D eigenvalue weighted by Gasteiger charge is 2.69. The molecule has 1 spiro atoms. The molecule has 1 aliphatic carbocycles. The monoisotopic (exact) mass is 566 g/mol. The van der Waals surface area contributed by atoms with Gasteiger partial charge in [-0.3, -0.25) is 4.79 Å². The van der Waals surface area contributed by atoms with Gasteiger partial charge >= 0.3 is 5.97 Å². The van der Waals surface area contributed by atoms with Crippen LogP contribution in [0.4, 0.5) is 0 Å². The molecule has 6 rings (SSSR count). The molecular formula is C31H50O9. The molecule has 0 aromatic heterocycles. The number of hydrogen-bond acceptors (Lipinski definition) is 9. The van der Waals surface area contributed by atoms with Crippen molar-refractivity contribution in [3.05, 3.63) is 12.7 Å². The molecule has 5 aliphatic heterocycles. The zero-order valence-corrected chi connectivity index (χ0v) is 24.9. The van der Waals surface area contributed by atoms with Gasteiger partial charge in [0.2, 0.25) is 5.79 Å². The standard InChI is InChI=1S/C31H50O9/c1-7-8-9-10-11-19(3)34-28-26(16-24(32)21(5)35-28)36-27(33)17-25-20(4)23-13-12-18(2)22-14-15-30(6)38-29(37-25)31(22,23)40-39-30/h7,18-26,28-29,32H,1,8-17H2,2-6H3/t18-,19-,20-,21+,22+,23+,24-,25-,26-,28-,29-,30-,31-/m1/s1. The first kappa shape index (κ1) is 30.4. The molecule has 6 aliphatic rings. The van der Waals surface area contributed by atoms with Crippen LogP contribution in [-0.4, -0.2) is 65.6 Å². The van der Waals surface area contributed by atoms with Gasteiger partial charge in [0.05, 0.1) is 30.8 Å². The van der Waals surface area contributed by atoms with E-state index in [0.29, 0.717) is 5.92 Å². The summed E-state index contributed by atoms with van der Waals surface area (Å²) in [4.78, 5) is 25.5. The maximum Gasteiger partial charge on any atom is 0.308 e. The van der Waals surface area contributed by atoms with Crippen molar-refractivity contribution < 1.29 is 43.4 Å². The molecule has 5 heterocycles. The number of ether oxygens (including phenoxy) is 5. The van der Waals surface area contributed by atoms with Crippen LogP contribution in [0.3, 0.4) is 0 Å². The molecule has 9 nitrogen and oxygen atoms in total. The van der Waals surface area contributed by atoms with Gasteiger partial charge in [-0.05, 0) is 77.0 Å². The van der Waals surface area contributed by atoms with Crippen LogP contribution in [0.15, 0.2) is 12.7 Å². The fourth-order valence-electron chi connectivity index (χ4n) is 7.76. The van der Waals surface area contributed by atoms with Crippen LogP contribution >= 0.6 is 0 Å². The number of carbonyl (C=O) groups is 1. The maximum atomic E-state index is 13.4. The summed E-state index contributed by atoms with van der Waals surface area (Å²) in [6.45, 7) is 13.9. The minimum atomic E-state index is -0.859. The van der Waals surface area contributed by atoms with E-state index in [1.54, 1.807) is 0 Å². The summed E-state index contributed by atoms with van der Waals surface area (Å²) in [7, 11) is 0. The Morgan fingerprint density at radius 3 is 2.70 bits per heavy atom. The van der Waals surface area contributed by atoms with E-state index in [4.69, 9.17) is 33.5 Å². The first-order valence-electron chi connectivity index (χ1n) is 15.6. The highest BCUT2D eigenvalue weighted by Crippen LogP contribution is 2.60. The largest absolute Gasteiger partial charge is 0.457 e. The van der Waals surface area contributed by atoms with E-state index in [0.717, 1.165) is 51.4 Å². The summed E-state index contributed by atoms with van der Waals surface area (Å²) >= 11 is 0. The Kier molecular flexibility index (Phi) is 9.32. The summed E-state index contributed by atoms with van der Waals surface area (Å²) in [6, 6.07) is 0. The van der Waals surface area contributed by atoms with E-state index < -0.39 is 48.2 Å². The van der Waals surface area contributed by atoms with Crippen LogP contribution in [0.25, 0.3) is 0 Å². The minimum absolute atomic E-state index is 0.0457. The lowest BCUT2D eigenvalue weighted by atomic mass is 9.57.